The van der Waals surface area contributed by atoms with E-state index in [4.69, 9.17) is 5.73 Å². The quantitative estimate of drug-likeness (QED) is 0.608. The Bertz CT molecular complexity index is 146. The van der Waals surface area contributed by atoms with Gasteiger partial charge in [-0.25, -0.2) is 0 Å². The minimum atomic E-state index is 0.534. The maximum Gasteiger partial charge on any atom is 0.0265 e. The molecule has 0 unspecified atom stereocenters. The molecule has 0 radical (unpaired) electrons. The molecule has 0 aliphatic heterocycles. The second-order valence-electron chi connectivity index (χ2n) is 1.68. The van der Waals surface area contributed by atoms with Crippen molar-refractivity contribution in [2.75, 3.05) is 7.05 Å². The minimum absolute atomic E-state index is 0.534. The second-order valence-corrected chi connectivity index (χ2v) is 1.68. The van der Waals surface area contributed by atoms with E-state index in [9.17, 15) is 0 Å². The molecule has 2 heteroatoms. The standard InChI is InChI=1S/C7H12N2.C2H6/c1-6(8)4-5-7(2)9-3;1-2/h4-5,9H,1-2,8H2,3H3;1-2H3/b5-4-;. The molecule has 0 atom stereocenters. The van der Waals surface area contributed by atoms with Crippen LogP contribution in [0.15, 0.2) is 36.7 Å². The van der Waals surface area contributed by atoms with Gasteiger partial charge in [-0.05, 0) is 12.2 Å². The summed E-state index contributed by atoms with van der Waals surface area (Å²) in [6.07, 6.45) is 3.46. The van der Waals surface area contributed by atoms with Gasteiger partial charge in [-0.3, -0.25) is 0 Å². The summed E-state index contributed by atoms with van der Waals surface area (Å²) in [4.78, 5) is 0. The summed E-state index contributed by atoms with van der Waals surface area (Å²) in [6.45, 7) is 11.1. The lowest BCUT2D eigenvalue weighted by Crippen LogP contribution is -2.01. The van der Waals surface area contributed by atoms with Crippen LogP contribution in [-0.4, -0.2) is 7.05 Å². The number of hydrogen-bond donors (Lipinski definition) is 2. The monoisotopic (exact) mass is 154 g/mol. The van der Waals surface area contributed by atoms with E-state index in [0.29, 0.717) is 5.70 Å². The van der Waals surface area contributed by atoms with Gasteiger partial charge in [-0.15, -0.1) is 0 Å². The second kappa shape index (κ2) is 8.82. The van der Waals surface area contributed by atoms with Gasteiger partial charge in [-0.1, -0.05) is 27.0 Å². The van der Waals surface area contributed by atoms with Crippen LogP contribution in [-0.2, 0) is 0 Å². The fourth-order valence-corrected chi connectivity index (χ4v) is 0.291. The fraction of sp³-hybridized carbons (Fsp3) is 0.333. The van der Waals surface area contributed by atoms with Crippen LogP contribution in [0.25, 0.3) is 0 Å². The maximum atomic E-state index is 5.25. The van der Waals surface area contributed by atoms with Crippen molar-refractivity contribution in [1.29, 1.82) is 0 Å². The third-order valence-electron chi connectivity index (χ3n) is 0.820. The molecule has 0 fully saturated rings. The van der Waals surface area contributed by atoms with Crippen molar-refractivity contribution in [3.05, 3.63) is 36.7 Å². The Morgan fingerprint density at radius 2 is 1.73 bits per heavy atom. The lowest BCUT2D eigenvalue weighted by atomic mass is 10.4. The fourth-order valence-electron chi connectivity index (χ4n) is 0.291. The molecule has 0 saturated heterocycles. The number of rotatable bonds is 3. The van der Waals surface area contributed by atoms with Gasteiger partial charge in [0.2, 0.25) is 0 Å². The first-order valence-corrected chi connectivity index (χ1v) is 3.66. The SMILES string of the molecule is C=C(N)/C=C\C(=C)NC.CC. The molecule has 0 amide bonds. The first-order valence-electron chi connectivity index (χ1n) is 3.66. The number of hydrogen-bond acceptors (Lipinski definition) is 2. The largest absolute Gasteiger partial charge is 0.399 e. The normalized spacial score (nSPS) is 8.27. The summed E-state index contributed by atoms with van der Waals surface area (Å²) < 4.78 is 0. The summed E-state index contributed by atoms with van der Waals surface area (Å²) in [7, 11) is 1.80. The lowest BCUT2D eigenvalue weighted by molar-refractivity contribution is 1.04. The van der Waals surface area contributed by atoms with Crippen LogP contribution in [0.1, 0.15) is 13.8 Å². The van der Waals surface area contributed by atoms with Crippen LogP contribution < -0.4 is 11.1 Å². The first kappa shape index (κ1) is 12.5. The Balaban J connectivity index is 0. The molecule has 0 saturated carbocycles. The average Bonchev–Trinajstić information content (AvgIpc) is 2.04. The lowest BCUT2D eigenvalue weighted by Gasteiger charge is -1.94. The van der Waals surface area contributed by atoms with Gasteiger partial charge in [0.05, 0.1) is 0 Å². The van der Waals surface area contributed by atoms with E-state index in [0.717, 1.165) is 5.70 Å². The summed E-state index contributed by atoms with van der Waals surface area (Å²) in [5, 5.41) is 2.84. The Labute approximate surface area is 69.5 Å². The summed E-state index contributed by atoms with van der Waals surface area (Å²) >= 11 is 0. The van der Waals surface area contributed by atoms with Crippen molar-refractivity contribution in [3.63, 3.8) is 0 Å². The van der Waals surface area contributed by atoms with Gasteiger partial charge in [0, 0.05) is 18.4 Å². The zero-order valence-electron chi connectivity index (χ0n) is 7.65. The molecule has 0 aliphatic rings. The molecule has 0 spiro atoms. The van der Waals surface area contributed by atoms with Crippen LogP contribution in [0.5, 0.6) is 0 Å². The first-order chi connectivity index (χ1) is 5.16. The van der Waals surface area contributed by atoms with E-state index in [1.807, 2.05) is 13.8 Å². The molecule has 0 heterocycles. The predicted molar refractivity (Wildman–Crippen MR) is 52.0 cm³/mol. The molecule has 2 nitrogen and oxygen atoms in total. The van der Waals surface area contributed by atoms with Crippen LogP contribution in [0.2, 0.25) is 0 Å². The van der Waals surface area contributed by atoms with E-state index in [1.54, 1.807) is 19.2 Å². The van der Waals surface area contributed by atoms with Gasteiger partial charge >= 0.3 is 0 Å². The zero-order valence-corrected chi connectivity index (χ0v) is 7.65. The summed E-state index contributed by atoms with van der Waals surface area (Å²) in [6, 6.07) is 0. The highest BCUT2D eigenvalue weighted by atomic mass is 14.8. The molecule has 0 bridgehead atoms. The highest BCUT2D eigenvalue weighted by Gasteiger charge is 1.77. The van der Waals surface area contributed by atoms with Crippen LogP contribution in [0.4, 0.5) is 0 Å². The van der Waals surface area contributed by atoms with Crippen molar-refractivity contribution >= 4 is 0 Å². The van der Waals surface area contributed by atoms with E-state index in [2.05, 4.69) is 18.5 Å². The van der Waals surface area contributed by atoms with E-state index in [1.165, 1.54) is 0 Å². The number of allylic oxidation sites excluding steroid dienone is 2. The van der Waals surface area contributed by atoms with E-state index < -0.39 is 0 Å². The third-order valence-corrected chi connectivity index (χ3v) is 0.820. The molecule has 0 aliphatic carbocycles. The Morgan fingerprint density at radius 3 is 2.00 bits per heavy atom. The molecule has 0 aromatic rings. The molecule has 0 aromatic carbocycles. The molecular weight excluding hydrogens is 136 g/mol. The number of nitrogens with two attached hydrogens (primary N) is 1. The van der Waals surface area contributed by atoms with E-state index >= 15 is 0 Å². The van der Waals surface area contributed by atoms with Crippen LogP contribution in [0, 0.1) is 0 Å². The zero-order chi connectivity index (χ0) is 9.28. The highest BCUT2D eigenvalue weighted by Crippen LogP contribution is 1.87. The van der Waals surface area contributed by atoms with Gasteiger partial charge in [-0.2, -0.15) is 0 Å². The topological polar surface area (TPSA) is 38.0 Å². The Kier molecular flexibility index (Phi) is 10.0. The number of likely N-dealkylation sites (N-methyl/N-ethyl adjacent to an activating group) is 1. The Morgan fingerprint density at radius 1 is 1.27 bits per heavy atom. The van der Waals surface area contributed by atoms with Crippen molar-refractivity contribution in [1.82, 2.24) is 5.32 Å². The summed E-state index contributed by atoms with van der Waals surface area (Å²) in [5.41, 5.74) is 6.60. The smallest absolute Gasteiger partial charge is 0.0265 e. The third kappa shape index (κ3) is 12.1. The van der Waals surface area contributed by atoms with E-state index in [-0.39, 0.29) is 0 Å². The van der Waals surface area contributed by atoms with Crippen molar-refractivity contribution in [2.45, 2.75) is 13.8 Å². The molecule has 0 aromatic heterocycles. The van der Waals surface area contributed by atoms with Crippen molar-refractivity contribution in [2.24, 2.45) is 5.73 Å². The van der Waals surface area contributed by atoms with Crippen LogP contribution in [0.3, 0.4) is 0 Å². The molecular formula is C9H18N2. The minimum Gasteiger partial charge on any atom is -0.399 e. The predicted octanol–water partition coefficient (Wildman–Crippen LogP) is 1.77. The van der Waals surface area contributed by atoms with Crippen LogP contribution >= 0.6 is 0 Å². The van der Waals surface area contributed by atoms with Gasteiger partial charge in [0.25, 0.3) is 0 Å². The molecule has 3 N–H and O–H groups in total. The average molecular weight is 154 g/mol. The Hall–Kier alpha value is -1.18. The van der Waals surface area contributed by atoms with Gasteiger partial charge in [0.1, 0.15) is 0 Å². The number of nitrogens with one attached hydrogen (secondary N) is 1. The van der Waals surface area contributed by atoms with Crippen molar-refractivity contribution in [3.8, 4) is 0 Å². The summed E-state index contributed by atoms with van der Waals surface area (Å²) in [5.74, 6) is 0. The van der Waals surface area contributed by atoms with Gasteiger partial charge in [0.15, 0.2) is 0 Å². The molecule has 64 valence electrons. The highest BCUT2D eigenvalue weighted by molar-refractivity contribution is 5.20. The maximum absolute atomic E-state index is 5.25. The van der Waals surface area contributed by atoms with Crippen molar-refractivity contribution < 1.29 is 0 Å². The van der Waals surface area contributed by atoms with Gasteiger partial charge < -0.3 is 11.1 Å². The molecule has 0 rings (SSSR count). The molecule has 11 heavy (non-hydrogen) atoms.